The number of hydrogen-bond acceptors (Lipinski definition) is 7. The molecule has 0 saturated carbocycles. The number of aliphatic imine (C=N–C) groups is 1. The van der Waals surface area contributed by atoms with Crippen molar-refractivity contribution >= 4 is 40.2 Å². The molecular formula is C29H22F6N6O4S. The summed E-state index contributed by atoms with van der Waals surface area (Å²) >= 11 is 0.903. The first-order valence-electron chi connectivity index (χ1n) is 13.3. The van der Waals surface area contributed by atoms with Gasteiger partial charge in [0.25, 0.3) is 0 Å². The van der Waals surface area contributed by atoms with E-state index in [9.17, 15) is 35.9 Å². The topological polar surface area (TPSA) is 111 Å². The minimum absolute atomic E-state index is 0.103. The van der Waals surface area contributed by atoms with Gasteiger partial charge in [-0.2, -0.15) is 10.1 Å². The van der Waals surface area contributed by atoms with Crippen LogP contribution in [-0.2, 0) is 17.6 Å². The van der Waals surface area contributed by atoms with E-state index in [-0.39, 0.29) is 22.4 Å². The van der Waals surface area contributed by atoms with Gasteiger partial charge in [0.05, 0.1) is 17.1 Å². The van der Waals surface area contributed by atoms with E-state index in [1.165, 1.54) is 47.4 Å². The fourth-order valence-electron chi connectivity index (χ4n) is 4.28. The zero-order valence-electron chi connectivity index (χ0n) is 23.6. The fourth-order valence-corrected chi connectivity index (χ4v) is 5.14. The Kier molecular flexibility index (Phi) is 9.22. The Bertz CT molecular complexity index is 1760. The van der Waals surface area contributed by atoms with E-state index >= 15 is 0 Å². The van der Waals surface area contributed by atoms with Crippen molar-refractivity contribution in [2.24, 2.45) is 4.99 Å². The number of benzene rings is 3. The number of anilines is 2. The molecule has 46 heavy (non-hydrogen) atoms. The van der Waals surface area contributed by atoms with Gasteiger partial charge in [-0.1, -0.05) is 30.0 Å². The third-order valence-electron chi connectivity index (χ3n) is 6.26. The molecule has 0 unspecified atom stereocenters. The SMILES string of the molecule is Cc1ccc(OC(F)(F)F)c(N2C(=O)CS/C2=N\C(=O)Nc2ccc(CCc3ncn(-c4ccc(OC(F)(F)F)cc4)n3)cc2)c1. The predicted molar refractivity (Wildman–Crippen MR) is 156 cm³/mol. The van der Waals surface area contributed by atoms with Crippen LogP contribution in [0.4, 0.5) is 42.5 Å². The molecule has 10 nitrogen and oxygen atoms in total. The highest BCUT2D eigenvalue weighted by atomic mass is 32.2. The lowest BCUT2D eigenvalue weighted by Crippen LogP contribution is -2.31. The van der Waals surface area contributed by atoms with E-state index in [2.05, 4.69) is 29.9 Å². The molecule has 1 aliphatic heterocycles. The third kappa shape index (κ3) is 8.56. The number of thioether (sulfide) groups is 1. The summed E-state index contributed by atoms with van der Waals surface area (Å²) in [5.41, 5.74) is 2.14. The maximum atomic E-state index is 13.0. The summed E-state index contributed by atoms with van der Waals surface area (Å²) in [4.78, 5) is 34.4. The van der Waals surface area contributed by atoms with E-state index in [1.807, 2.05) is 0 Å². The number of nitrogens with one attached hydrogen (secondary N) is 1. The lowest BCUT2D eigenvalue weighted by atomic mass is 10.1. The number of hydrogen-bond donors (Lipinski definition) is 1. The van der Waals surface area contributed by atoms with Crippen LogP contribution < -0.4 is 19.7 Å². The number of rotatable bonds is 8. The Balaban J connectivity index is 1.19. The van der Waals surface area contributed by atoms with Crippen LogP contribution in [0.15, 0.2) is 78.0 Å². The maximum absolute atomic E-state index is 13.0. The fraction of sp³-hybridized carbons (Fsp3) is 0.207. The quantitative estimate of drug-likeness (QED) is 0.206. The highest BCUT2D eigenvalue weighted by molar-refractivity contribution is 8.15. The molecule has 1 N–H and O–H groups in total. The third-order valence-corrected chi connectivity index (χ3v) is 7.18. The molecule has 2 heterocycles. The highest BCUT2D eigenvalue weighted by Gasteiger charge is 2.37. The van der Waals surface area contributed by atoms with Crippen LogP contribution in [0.5, 0.6) is 11.5 Å². The molecule has 3 aromatic carbocycles. The first-order valence-corrected chi connectivity index (χ1v) is 14.3. The van der Waals surface area contributed by atoms with Crippen LogP contribution in [0.1, 0.15) is 17.0 Å². The summed E-state index contributed by atoms with van der Waals surface area (Å²) in [7, 11) is 0. The average Bonchev–Trinajstić information content (AvgIpc) is 3.59. The molecule has 4 aromatic rings. The number of amides is 3. The summed E-state index contributed by atoms with van der Waals surface area (Å²) in [6, 6.07) is 14.9. The number of halogens is 6. The number of urea groups is 1. The molecule has 0 radical (unpaired) electrons. The standard InChI is InChI=1S/C29H22F6N6O4S/c1-17-2-12-23(45-29(33,34)35)22(14-17)41-25(42)15-46-27(41)38-26(43)37-19-6-3-18(4-7-19)5-13-24-36-16-40(39-24)20-8-10-21(11-9-20)44-28(30,31)32/h2-4,6-12,14,16H,5,13,15H2,1H3,(H,37,43)/b38-27-. The number of carbonyl (C=O) groups excluding carboxylic acids is 2. The summed E-state index contributed by atoms with van der Waals surface area (Å²) in [6.07, 6.45) is -7.36. The molecule has 0 spiro atoms. The van der Waals surface area contributed by atoms with Crippen LogP contribution in [0.3, 0.4) is 0 Å². The average molecular weight is 665 g/mol. The molecule has 1 aliphatic rings. The smallest absolute Gasteiger partial charge is 0.406 e. The van der Waals surface area contributed by atoms with E-state index in [0.717, 1.165) is 28.3 Å². The van der Waals surface area contributed by atoms with Crippen LogP contribution in [0, 0.1) is 6.92 Å². The Morgan fingerprint density at radius 1 is 0.957 bits per heavy atom. The van der Waals surface area contributed by atoms with Crippen molar-refractivity contribution < 1.29 is 45.4 Å². The van der Waals surface area contributed by atoms with Crippen LogP contribution in [-0.4, -0.2) is 50.3 Å². The Labute approximate surface area is 261 Å². The number of nitrogens with zero attached hydrogens (tertiary/aromatic N) is 5. The molecule has 0 atom stereocenters. The largest absolute Gasteiger partial charge is 0.573 e. The van der Waals surface area contributed by atoms with Crippen molar-refractivity contribution in [2.45, 2.75) is 32.5 Å². The van der Waals surface area contributed by atoms with Crippen molar-refractivity contribution in [3.8, 4) is 17.2 Å². The minimum atomic E-state index is -4.99. The monoisotopic (exact) mass is 664 g/mol. The van der Waals surface area contributed by atoms with E-state index in [0.29, 0.717) is 35.6 Å². The van der Waals surface area contributed by atoms with Gasteiger partial charge in [0.1, 0.15) is 12.1 Å². The maximum Gasteiger partial charge on any atom is 0.573 e. The molecule has 1 aromatic heterocycles. The second-order valence-electron chi connectivity index (χ2n) is 9.71. The first-order chi connectivity index (χ1) is 21.7. The second kappa shape index (κ2) is 13.1. The Morgan fingerprint density at radius 3 is 2.33 bits per heavy atom. The van der Waals surface area contributed by atoms with Gasteiger partial charge >= 0.3 is 18.8 Å². The molecule has 3 amide bonds. The molecular weight excluding hydrogens is 642 g/mol. The summed E-state index contributed by atoms with van der Waals surface area (Å²) in [5.74, 6) is -1.15. The van der Waals surface area contributed by atoms with Gasteiger partial charge in [-0.05, 0) is 73.0 Å². The normalized spacial score (nSPS) is 14.5. The number of carbonyl (C=O) groups is 2. The molecule has 1 fully saturated rings. The van der Waals surface area contributed by atoms with Crippen molar-refractivity contribution in [1.29, 1.82) is 0 Å². The summed E-state index contributed by atoms with van der Waals surface area (Å²) in [5, 5.41) is 6.81. The number of amidine groups is 1. The van der Waals surface area contributed by atoms with Crippen LogP contribution in [0.25, 0.3) is 5.69 Å². The Morgan fingerprint density at radius 2 is 1.65 bits per heavy atom. The van der Waals surface area contributed by atoms with Gasteiger partial charge in [-0.3, -0.25) is 9.69 Å². The van der Waals surface area contributed by atoms with Crippen molar-refractivity contribution in [3.05, 3.63) is 90.0 Å². The number of aryl methyl sites for hydroxylation is 3. The summed E-state index contributed by atoms with van der Waals surface area (Å²) in [6.45, 7) is 1.63. The minimum Gasteiger partial charge on any atom is -0.406 e. The summed E-state index contributed by atoms with van der Waals surface area (Å²) < 4.78 is 85.4. The lowest BCUT2D eigenvalue weighted by molar-refractivity contribution is -0.275. The van der Waals surface area contributed by atoms with Gasteiger partial charge in [-0.15, -0.1) is 26.3 Å². The lowest BCUT2D eigenvalue weighted by Gasteiger charge is -2.21. The van der Waals surface area contributed by atoms with E-state index in [4.69, 9.17) is 0 Å². The zero-order chi connectivity index (χ0) is 33.1. The second-order valence-corrected chi connectivity index (χ2v) is 10.6. The van der Waals surface area contributed by atoms with Gasteiger partial charge < -0.3 is 14.8 Å². The van der Waals surface area contributed by atoms with Gasteiger partial charge in [0.15, 0.2) is 16.7 Å². The van der Waals surface area contributed by atoms with Crippen LogP contribution in [0.2, 0.25) is 0 Å². The number of ether oxygens (including phenoxy) is 2. The van der Waals surface area contributed by atoms with E-state index < -0.39 is 30.4 Å². The van der Waals surface area contributed by atoms with Crippen molar-refractivity contribution in [2.75, 3.05) is 16.0 Å². The molecule has 1 saturated heterocycles. The number of aromatic nitrogens is 3. The van der Waals surface area contributed by atoms with E-state index in [1.54, 1.807) is 31.2 Å². The van der Waals surface area contributed by atoms with Gasteiger partial charge in [0, 0.05) is 12.1 Å². The van der Waals surface area contributed by atoms with Crippen molar-refractivity contribution in [1.82, 2.24) is 14.8 Å². The van der Waals surface area contributed by atoms with Crippen LogP contribution >= 0.6 is 11.8 Å². The predicted octanol–water partition coefficient (Wildman–Crippen LogP) is 6.83. The van der Waals surface area contributed by atoms with Gasteiger partial charge in [-0.25, -0.2) is 14.5 Å². The zero-order valence-corrected chi connectivity index (χ0v) is 24.4. The van der Waals surface area contributed by atoms with Crippen molar-refractivity contribution in [3.63, 3.8) is 0 Å². The molecule has 0 bridgehead atoms. The molecule has 240 valence electrons. The molecule has 17 heteroatoms. The van der Waals surface area contributed by atoms with Gasteiger partial charge in [0.2, 0.25) is 5.91 Å². The first kappa shape index (κ1) is 32.3. The Hall–Kier alpha value is -5.06. The molecule has 0 aliphatic carbocycles. The highest BCUT2D eigenvalue weighted by Crippen LogP contribution is 2.38. The molecule has 5 rings (SSSR count). The number of alkyl halides is 6.